The summed E-state index contributed by atoms with van der Waals surface area (Å²) in [5.74, 6) is 0. The van der Waals surface area contributed by atoms with Gasteiger partial charge in [0.15, 0.2) is 0 Å². The molecule has 1 aromatic heterocycles. The van der Waals surface area contributed by atoms with Crippen molar-refractivity contribution < 1.29 is 17.1 Å². The third-order valence-electron chi connectivity index (χ3n) is 2.05. The maximum absolute atomic E-state index is 5.95. The Labute approximate surface area is 166 Å². The number of thiophene rings is 1. The van der Waals surface area contributed by atoms with Crippen molar-refractivity contribution in [3.8, 4) is 0 Å². The first-order valence-corrected chi connectivity index (χ1v) is 8.39. The predicted octanol–water partition coefficient (Wildman–Crippen LogP) is 2.11. The largest absolute Gasteiger partial charge is 2.00 e. The zero-order valence-corrected chi connectivity index (χ0v) is 16.5. The normalized spacial score (nSPS) is 13.1. The minimum absolute atomic E-state index is 0. The third-order valence-corrected chi connectivity index (χ3v) is 3.74. The van der Waals surface area contributed by atoms with E-state index in [1.165, 1.54) is 17.6 Å². The molecule has 11 heteroatoms. The Morgan fingerprint density at radius 2 is 1.78 bits per heavy atom. The van der Waals surface area contributed by atoms with Crippen LogP contribution in [0.25, 0.3) is 0 Å². The van der Waals surface area contributed by atoms with Crippen LogP contribution in [0.1, 0.15) is 18.7 Å². The fourth-order valence-corrected chi connectivity index (χ4v) is 2.57. The average Bonchev–Trinajstić information content (AvgIpc) is 2.89. The molecular formula is C12H15ClCuN6S3. The van der Waals surface area contributed by atoms with Crippen molar-refractivity contribution in [2.24, 2.45) is 20.2 Å². The van der Waals surface area contributed by atoms with Crippen LogP contribution >= 0.6 is 22.9 Å². The van der Waals surface area contributed by atoms with Gasteiger partial charge in [-0.1, -0.05) is 11.6 Å². The zero-order valence-electron chi connectivity index (χ0n) is 12.3. The molecule has 2 N–H and O–H groups in total. The van der Waals surface area contributed by atoms with Gasteiger partial charge in [0, 0.05) is 13.1 Å². The number of aliphatic imine (C=N–C) groups is 2. The molecular weight excluding hydrogens is 423 g/mol. The average molecular weight is 438 g/mol. The molecule has 23 heavy (non-hydrogen) atoms. The topological polar surface area (TPSA) is 73.5 Å². The molecule has 0 spiro atoms. The molecule has 1 radical (unpaired) electrons. The number of rotatable bonds is 6. The molecule has 0 saturated heterocycles. The molecule has 1 aromatic rings. The molecule has 6 nitrogen and oxygen atoms in total. The van der Waals surface area contributed by atoms with Crippen LogP contribution in [0.15, 0.2) is 32.3 Å². The summed E-state index contributed by atoms with van der Waals surface area (Å²) >= 11 is 17.3. The van der Waals surface area contributed by atoms with Crippen LogP contribution in [-0.2, 0) is 42.3 Å². The van der Waals surface area contributed by atoms with Crippen molar-refractivity contribution in [2.75, 3.05) is 13.1 Å². The van der Waals surface area contributed by atoms with Crippen molar-refractivity contribution in [3.63, 3.8) is 0 Å². The van der Waals surface area contributed by atoms with E-state index in [1.807, 2.05) is 19.9 Å². The summed E-state index contributed by atoms with van der Waals surface area (Å²) in [6, 6.07) is 3.62. The van der Waals surface area contributed by atoms with Crippen molar-refractivity contribution in [1.29, 1.82) is 0 Å². The number of hydrogen-bond acceptors (Lipinski definition) is 7. The Morgan fingerprint density at radius 3 is 2.30 bits per heavy atom. The Kier molecular flexibility index (Phi) is 12.2. The SMILES string of the molecule is CCN=C([S-])N/N=C(/C=N/NC([S-])=NCC)c1ccc(Cl)s1.[Cu+2]. The van der Waals surface area contributed by atoms with Crippen molar-refractivity contribution in [1.82, 2.24) is 10.9 Å². The molecule has 129 valence electrons. The van der Waals surface area contributed by atoms with Gasteiger partial charge in [0.05, 0.1) is 15.4 Å². The van der Waals surface area contributed by atoms with Crippen LogP contribution < -0.4 is 10.9 Å². The number of nitrogens with one attached hydrogen (secondary N) is 2. The monoisotopic (exact) mass is 437 g/mol. The first-order chi connectivity index (χ1) is 10.6. The molecule has 1 heterocycles. The number of nitrogens with zero attached hydrogens (tertiary/aromatic N) is 4. The van der Waals surface area contributed by atoms with Crippen LogP contribution in [0.4, 0.5) is 0 Å². The summed E-state index contributed by atoms with van der Waals surface area (Å²) in [7, 11) is 0. The van der Waals surface area contributed by atoms with Gasteiger partial charge >= 0.3 is 17.1 Å². The first kappa shape index (κ1) is 22.2. The zero-order chi connectivity index (χ0) is 16.4. The minimum Gasteiger partial charge on any atom is -0.741 e. The molecule has 0 aromatic carbocycles. The molecule has 1 rings (SSSR count). The fourth-order valence-electron chi connectivity index (χ4n) is 1.21. The second kappa shape index (κ2) is 12.6. The molecule has 0 aliphatic heterocycles. The third kappa shape index (κ3) is 9.19. The fraction of sp³-hybridized carbons (Fsp3) is 0.333. The van der Waals surface area contributed by atoms with E-state index < -0.39 is 0 Å². The van der Waals surface area contributed by atoms with Gasteiger partial charge in [0.25, 0.3) is 0 Å². The Hall–Kier alpha value is -0.771. The molecule has 0 aliphatic rings. The van der Waals surface area contributed by atoms with E-state index in [0.717, 1.165) is 4.88 Å². The summed E-state index contributed by atoms with van der Waals surface area (Å²) in [5.41, 5.74) is 5.89. The van der Waals surface area contributed by atoms with E-state index in [9.17, 15) is 0 Å². The molecule has 0 unspecified atom stereocenters. The molecule has 0 fully saturated rings. The van der Waals surface area contributed by atoms with Crippen LogP contribution in [0.2, 0.25) is 4.34 Å². The smallest absolute Gasteiger partial charge is 0.741 e. The maximum atomic E-state index is 5.95. The Morgan fingerprint density at radius 1 is 1.17 bits per heavy atom. The van der Waals surface area contributed by atoms with Crippen LogP contribution in [0.3, 0.4) is 0 Å². The van der Waals surface area contributed by atoms with Crippen molar-refractivity contribution in [3.05, 3.63) is 21.3 Å². The molecule has 0 bridgehead atoms. The van der Waals surface area contributed by atoms with Crippen LogP contribution in [0, 0.1) is 0 Å². The predicted molar refractivity (Wildman–Crippen MR) is 101 cm³/mol. The van der Waals surface area contributed by atoms with Gasteiger partial charge in [0.1, 0.15) is 5.71 Å². The van der Waals surface area contributed by atoms with Gasteiger partial charge < -0.3 is 25.3 Å². The van der Waals surface area contributed by atoms with Gasteiger partial charge in [-0.15, -0.1) is 11.3 Å². The Bertz CT molecular complexity index is 599. The summed E-state index contributed by atoms with van der Waals surface area (Å²) < 4.78 is 0.654. The Balaban J connectivity index is 0.00000484. The number of hydrazone groups is 2. The van der Waals surface area contributed by atoms with Gasteiger partial charge in [-0.25, -0.2) is 0 Å². The second-order valence-electron chi connectivity index (χ2n) is 3.64. The van der Waals surface area contributed by atoms with Gasteiger partial charge in [0.2, 0.25) is 0 Å². The minimum atomic E-state index is 0. The van der Waals surface area contributed by atoms with Crippen LogP contribution in [-0.4, -0.2) is 35.4 Å². The molecule has 0 aliphatic carbocycles. The number of hydrogen-bond donors (Lipinski definition) is 2. The molecule has 0 atom stereocenters. The summed E-state index contributed by atoms with van der Waals surface area (Å²) in [6.45, 7) is 4.96. The van der Waals surface area contributed by atoms with Crippen molar-refractivity contribution in [2.45, 2.75) is 13.8 Å². The van der Waals surface area contributed by atoms with E-state index in [1.54, 1.807) is 6.07 Å². The van der Waals surface area contributed by atoms with E-state index in [-0.39, 0.29) is 17.1 Å². The summed E-state index contributed by atoms with van der Waals surface area (Å²) in [4.78, 5) is 8.85. The van der Waals surface area contributed by atoms with E-state index in [2.05, 4.69) is 31.0 Å². The van der Waals surface area contributed by atoms with Crippen LogP contribution in [0.5, 0.6) is 0 Å². The van der Waals surface area contributed by atoms with E-state index in [0.29, 0.717) is 33.5 Å². The van der Waals surface area contributed by atoms with E-state index >= 15 is 0 Å². The van der Waals surface area contributed by atoms with Gasteiger partial charge in [-0.05, 0) is 36.3 Å². The van der Waals surface area contributed by atoms with Gasteiger partial charge in [-0.2, -0.15) is 10.2 Å². The number of halogens is 1. The maximum Gasteiger partial charge on any atom is 2.00 e. The van der Waals surface area contributed by atoms with E-state index in [4.69, 9.17) is 36.9 Å². The van der Waals surface area contributed by atoms with Crippen molar-refractivity contribution >= 4 is 70.5 Å². The summed E-state index contributed by atoms with van der Waals surface area (Å²) in [6.07, 6.45) is 1.52. The second-order valence-corrected chi connectivity index (χ2v) is 6.13. The molecule has 0 amide bonds. The molecule has 0 saturated carbocycles. The first-order valence-electron chi connectivity index (χ1n) is 6.38. The number of amidine groups is 2. The standard InChI is InChI=1S/C12H17ClN6S3.Cu/c1-3-14-11(20)18-16-7-8(9-5-6-10(13)22-9)17-19-12(21)15-4-2;/h5-7H,3-4H2,1-2H3,(H2,14,18,20)(H2,15,19,21);/q;+2/p-2/b16-7+,17-8-;. The van der Waals surface area contributed by atoms with Gasteiger partial charge in [-0.3, -0.25) is 20.8 Å². The quantitative estimate of drug-likeness (QED) is 0.235. The summed E-state index contributed by atoms with van der Waals surface area (Å²) in [5, 5.41) is 8.82.